The Morgan fingerprint density at radius 2 is 2.00 bits per heavy atom. The molecule has 0 bridgehead atoms. The quantitative estimate of drug-likeness (QED) is 0.444. The van der Waals surface area contributed by atoms with Crippen molar-refractivity contribution in [2.75, 3.05) is 37.8 Å². The molecule has 2 unspecified atom stereocenters. The molecule has 2 saturated heterocycles. The number of ether oxygens (including phenoxy) is 2. The molecule has 0 aliphatic carbocycles. The van der Waals surface area contributed by atoms with Crippen molar-refractivity contribution in [1.29, 1.82) is 0 Å². The molecular formula is C20H25BrN4O3S. The molecule has 0 spiro atoms. The van der Waals surface area contributed by atoms with Crippen LogP contribution >= 0.6 is 27.7 Å². The average molecular weight is 481 g/mol. The van der Waals surface area contributed by atoms with Gasteiger partial charge in [-0.05, 0) is 31.9 Å². The first-order chi connectivity index (χ1) is 14.1. The number of morpholine rings is 1. The molecule has 9 heteroatoms. The average Bonchev–Trinajstić information content (AvgIpc) is 3.39. The zero-order valence-electron chi connectivity index (χ0n) is 16.4. The van der Waals surface area contributed by atoms with E-state index in [1.54, 1.807) is 0 Å². The predicted octanol–water partition coefficient (Wildman–Crippen LogP) is 3.42. The van der Waals surface area contributed by atoms with Crippen molar-refractivity contribution >= 4 is 39.4 Å². The number of hydrogen-bond acceptors (Lipinski definition) is 7. The number of ketones is 1. The van der Waals surface area contributed by atoms with E-state index in [1.165, 1.54) is 11.8 Å². The number of rotatable bonds is 7. The highest BCUT2D eigenvalue weighted by Gasteiger charge is 2.27. The Kier molecular flexibility index (Phi) is 6.89. The van der Waals surface area contributed by atoms with Gasteiger partial charge < -0.3 is 14.4 Å². The molecule has 1 aromatic carbocycles. The molecule has 29 heavy (non-hydrogen) atoms. The van der Waals surface area contributed by atoms with Gasteiger partial charge in [-0.1, -0.05) is 39.8 Å². The van der Waals surface area contributed by atoms with Crippen LogP contribution in [0.15, 0.2) is 33.9 Å². The maximum absolute atomic E-state index is 12.9. The van der Waals surface area contributed by atoms with Gasteiger partial charge in [-0.3, -0.25) is 9.36 Å². The molecular weight excluding hydrogens is 456 g/mol. The second kappa shape index (κ2) is 9.59. The van der Waals surface area contributed by atoms with Crippen LogP contribution in [0, 0.1) is 0 Å². The maximum atomic E-state index is 12.9. The topological polar surface area (TPSA) is 69.5 Å². The molecule has 2 aliphatic rings. The zero-order valence-corrected chi connectivity index (χ0v) is 18.8. The summed E-state index contributed by atoms with van der Waals surface area (Å²) in [6, 6.07) is 7.47. The normalized spacial score (nSPS) is 20.8. The fourth-order valence-electron chi connectivity index (χ4n) is 3.58. The molecule has 4 rings (SSSR count). The smallest absolute Gasteiger partial charge is 0.228 e. The summed E-state index contributed by atoms with van der Waals surface area (Å²) >= 11 is 4.87. The fourth-order valence-corrected chi connectivity index (χ4v) is 4.77. The second-order valence-electron chi connectivity index (χ2n) is 7.26. The van der Waals surface area contributed by atoms with E-state index in [1.807, 2.05) is 31.2 Å². The van der Waals surface area contributed by atoms with Gasteiger partial charge in [-0.15, -0.1) is 10.2 Å². The number of carbonyl (C=O) groups excluding carboxylic acids is 1. The summed E-state index contributed by atoms with van der Waals surface area (Å²) in [5, 5.41) is 9.41. The Balaban J connectivity index is 1.54. The number of anilines is 1. The molecule has 0 amide bonds. The zero-order chi connectivity index (χ0) is 20.2. The number of aromatic nitrogens is 3. The van der Waals surface area contributed by atoms with Crippen LogP contribution in [0.5, 0.6) is 0 Å². The maximum Gasteiger partial charge on any atom is 0.228 e. The van der Waals surface area contributed by atoms with Gasteiger partial charge in [0.05, 0.1) is 31.1 Å². The van der Waals surface area contributed by atoms with E-state index >= 15 is 0 Å². The van der Waals surface area contributed by atoms with E-state index in [9.17, 15) is 4.79 Å². The Morgan fingerprint density at radius 3 is 2.69 bits per heavy atom. The van der Waals surface area contributed by atoms with E-state index in [0.29, 0.717) is 25.3 Å². The van der Waals surface area contributed by atoms with Gasteiger partial charge in [0, 0.05) is 29.7 Å². The van der Waals surface area contributed by atoms with E-state index in [-0.39, 0.29) is 17.1 Å². The molecule has 3 heterocycles. The van der Waals surface area contributed by atoms with Crippen LogP contribution < -0.4 is 4.90 Å². The van der Waals surface area contributed by atoms with Crippen LogP contribution in [-0.4, -0.2) is 64.8 Å². The van der Waals surface area contributed by atoms with Crippen LogP contribution in [0.4, 0.5) is 5.95 Å². The van der Waals surface area contributed by atoms with Gasteiger partial charge in [-0.2, -0.15) is 0 Å². The van der Waals surface area contributed by atoms with Gasteiger partial charge >= 0.3 is 0 Å². The van der Waals surface area contributed by atoms with Crippen molar-refractivity contribution in [3.63, 3.8) is 0 Å². The van der Waals surface area contributed by atoms with E-state index in [4.69, 9.17) is 9.47 Å². The number of carbonyl (C=O) groups is 1. The summed E-state index contributed by atoms with van der Waals surface area (Å²) in [6.07, 6.45) is 2.29. The van der Waals surface area contributed by atoms with E-state index in [2.05, 4.69) is 35.6 Å². The largest absolute Gasteiger partial charge is 0.378 e. The van der Waals surface area contributed by atoms with Crippen molar-refractivity contribution in [3.05, 3.63) is 34.3 Å². The van der Waals surface area contributed by atoms with Gasteiger partial charge in [0.25, 0.3) is 0 Å². The molecule has 7 nitrogen and oxygen atoms in total. The number of thioether (sulfide) groups is 1. The fraction of sp³-hybridized carbons (Fsp3) is 0.550. The summed E-state index contributed by atoms with van der Waals surface area (Å²) in [4.78, 5) is 15.1. The van der Waals surface area contributed by atoms with Crippen molar-refractivity contribution in [1.82, 2.24) is 14.8 Å². The number of hydrogen-bond donors (Lipinski definition) is 0. The summed E-state index contributed by atoms with van der Waals surface area (Å²) < 4.78 is 14.4. The minimum Gasteiger partial charge on any atom is -0.378 e. The summed E-state index contributed by atoms with van der Waals surface area (Å²) in [6.45, 7) is 6.40. The van der Waals surface area contributed by atoms with Crippen molar-refractivity contribution < 1.29 is 14.3 Å². The lowest BCUT2D eigenvalue weighted by atomic mass is 10.1. The van der Waals surface area contributed by atoms with Crippen LogP contribution in [-0.2, 0) is 16.0 Å². The third-order valence-electron chi connectivity index (χ3n) is 5.18. The minimum absolute atomic E-state index is 0.0853. The lowest BCUT2D eigenvalue weighted by Crippen LogP contribution is -2.38. The highest BCUT2D eigenvalue weighted by molar-refractivity contribution is 9.10. The molecule has 0 saturated carbocycles. The lowest BCUT2D eigenvalue weighted by Gasteiger charge is -2.28. The Bertz CT molecular complexity index is 833. The third kappa shape index (κ3) is 5.02. The van der Waals surface area contributed by atoms with Crippen molar-refractivity contribution in [3.8, 4) is 0 Å². The van der Waals surface area contributed by atoms with E-state index < -0.39 is 0 Å². The van der Waals surface area contributed by atoms with E-state index in [0.717, 1.165) is 48.1 Å². The highest BCUT2D eigenvalue weighted by atomic mass is 79.9. The molecule has 2 aliphatic heterocycles. The number of halogens is 1. The van der Waals surface area contributed by atoms with Crippen molar-refractivity contribution in [2.24, 2.45) is 0 Å². The Hall–Kier alpha value is -1.42. The summed E-state index contributed by atoms with van der Waals surface area (Å²) in [5.74, 6) is 0.927. The monoisotopic (exact) mass is 480 g/mol. The number of Topliss-reactive ketones (excluding diaryl/α,β-unsaturated/α-hetero) is 1. The lowest BCUT2D eigenvalue weighted by molar-refractivity contribution is 0.0942. The summed E-state index contributed by atoms with van der Waals surface area (Å²) in [5.41, 5.74) is 0.701. The number of benzene rings is 1. The van der Waals surface area contributed by atoms with Gasteiger partial charge in [-0.25, -0.2) is 0 Å². The third-order valence-corrected chi connectivity index (χ3v) is 6.79. The molecule has 156 valence electrons. The highest BCUT2D eigenvalue weighted by Crippen LogP contribution is 2.29. The van der Waals surface area contributed by atoms with Crippen LogP contribution in [0.3, 0.4) is 0 Å². The van der Waals surface area contributed by atoms with Crippen molar-refractivity contribution in [2.45, 2.75) is 42.8 Å². The Morgan fingerprint density at radius 1 is 1.24 bits per heavy atom. The predicted molar refractivity (Wildman–Crippen MR) is 116 cm³/mol. The standard InChI is InChI=1S/C20H25BrN4O3S/c1-14(18(26)15-4-6-16(21)7-5-15)29-20-23-22-19(24-8-11-27-12-9-24)25(20)13-17-3-2-10-28-17/h4-7,14,17H,2-3,8-13H2,1H3. The molecule has 1 aromatic heterocycles. The SMILES string of the molecule is CC(Sc1nnc(N2CCOCC2)n1CC1CCCO1)C(=O)c1ccc(Br)cc1. The first-order valence-corrected chi connectivity index (χ1v) is 11.6. The molecule has 0 radical (unpaired) electrons. The van der Waals surface area contributed by atoms with Gasteiger partial charge in [0.2, 0.25) is 5.95 Å². The van der Waals surface area contributed by atoms with Gasteiger partial charge in [0.15, 0.2) is 10.9 Å². The first kappa shape index (κ1) is 20.8. The van der Waals surface area contributed by atoms with Crippen LogP contribution in [0.1, 0.15) is 30.1 Å². The molecule has 2 aromatic rings. The molecule has 0 N–H and O–H groups in total. The van der Waals surface area contributed by atoms with Crippen LogP contribution in [0.25, 0.3) is 0 Å². The van der Waals surface area contributed by atoms with Crippen LogP contribution in [0.2, 0.25) is 0 Å². The summed E-state index contributed by atoms with van der Waals surface area (Å²) in [7, 11) is 0. The first-order valence-electron chi connectivity index (χ1n) is 9.96. The Labute approximate surface area is 183 Å². The second-order valence-corrected chi connectivity index (χ2v) is 9.48. The number of nitrogens with zero attached hydrogens (tertiary/aromatic N) is 4. The minimum atomic E-state index is -0.263. The molecule has 2 fully saturated rings. The van der Waals surface area contributed by atoms with Gasteiger partial charge in [0.1, 0.15) is 0 Å². The molecule has 2 atom stereocenters.